The number of nitrogen functional groups attached to an aromatic ring is 1. The number of fused-ring (bicyclic) bond motifs is 1. The number of aromatic amines is 1. The van der Waals surface area contributed by atoms with Gasteiger partial charge in [0.25, 0.3) is 0 Å². The van der Waals surface area contributed by atoms with Crippen molar-refractivity contribution >= 4 is 34.5 Å². The fourth-order valence-electron chi connectivity index (χ4n) is 1.61. The van der Waals surface area contributed by atoms with Crippen molar-refractivity contribution in [2.45, 2.75) is 18.2 Å². The van der Waals surface area contributed by atoms with Crippen LogP contribution >= 0.6 is 11.8 Å². The maximum absolute atomic E-state index is 11.4. The first-order valence-corrected chi connectivity index (χ1v) is 6.65. The van der Waals surface area contributed by atoms with Crippen LogP contribution in [0.4, 0.5) is 5.69 Å². The van der Waals surface area contributed by atoms with Crippen LogP contribution in [0.2, 0.25) is 0 Å². The van der Waals surface area contributed by atoms with E-state index in [1.165, 1.54) is 7.11 Å². The number of imidazole rings is 1. The number of thioether (sulfide) groups is 1. The van der Waals surface area contributed by atoms with E-state index in [1.807, 2.05) is 12.1 Å². The standard InChI is InChI=1S/C12H15N3O2S/c1-3-6-18-8-5-4-7-10(9(8)13)15-11(14-7)12(16)17-2/h4-5H,3,6,13H2,1-2H3,(H,14,15). The van der Waals surface area contributed by atoms with Gasteiger partial charge in [-0.15, -0.1) is 11.8 Å². The van der Waals surface area contributed by atoms with E-state index < -0.39 is 5.97 Å². The normalized spacial score (nSPS) is 10.8. The number of H-pyrrole nitrogens is 1. The lowest BCUT2D eigenvalue weighted by molar-refractivity contribution is 0.0588. The third-order valence-corrected chi connectivity index (χ3v) is 3.78. The van der Waals surface area contributed by atoms with Gasteiger partial charge in [0.2, 0.25) is 5.82 Å². The van der Waals surface area contributed by atoms with Crippen molar-refractivity contribution in [3.63, 3.8) is 0 Å². The van der Waals surface area contributed by atoms with Crippen LogP contribution in [0.5, 0.6) is 0 Å². The number of esters is 1. The number of anilines is 1. The van der Waals surface area contributed by atoms with Crippen molar-refractivity contribution in [2.75, 3.05) is 18.6 Å². The van der Waals surface area contributed by atoms with Gasteiger partial charge >= 0.3 is 5.97 Å². The highest BCUT2D eigenvalue weighted by atomic mass is 32.2. The number of hydrogen-bond acceptors (Lipinski definition) is 5. The molecule has 2 rings (SSSR count). The summed E-state index contributed by atoms with van der Waals surface area (Å²) in [5.74, 6) is 0.693. The first-order valence-electron chi connectivity index (χ1n) is 5.66. The van der Waals surface area contributed by atoms with Gasteiger partial charge in [0.1, 0.15) is 0 Å². The molecule has 0 aliphatic heterocycles. The van der Waals surface area contributed by atoms with Crippen molar-refractivity contribution < 1.29 is 9.53 Å². The lowest BCUT2D eigenvalue weighted by atomic mass is 10.3. The molecule has 0 amide bonds. The van der Waals surface area contributed by atoms with Gasteiger partial charge < -0.3 is 15.5 Å². The molecule has 5 nitrogen and oxygen atoms in total. The molecule has 0 bridgehead atoms. The Morgan fingerprint density at radius 1 is 1.56 bits per heavy atom. The zero-order valence-corrected chi connectivity index (χ0v) is 11.1. The first kappa shape index (κ1) is 12.8. The predicted molar refractivity (Wildman–Crippen MR) is 72.9 cm³/mol. The Kier molecular flexibility index (Phi) is 3.76. The van der Waals surface area contributed by atoms with Gasteiger partial charge in [0, 0.05) is 4.90 Å². The Labute approximate surface area is 109 Å². The van der Waals surface area contributed by atoms with E-state index in [-0.39, 0.29) is 5.82 Å². The minimum atomic E-state index is -0.492. The number of nitrogens with two attached hydrogens (primary N) is 1. The monoisotopic (exact) mass is 265 g/mol. The van der Waals surface area contributed by atoms with Crippen molar-refractivity contribution in [3.05, 3.63) is 18.0 Å². The maximum atomic E-state index is 11.4. The number of hydrogen-bond donors (Lipinski definition) is 2. The summed E-state index contributed by atoms with van der Waals surface area (Å²) in [6, 6.07) is 3.78. The van der Waals surface area contributed by atoms with Crippen LogP contribution in [-0.2, 0) is 4.74 Å². The summed E-state index contributed by atoms with van der Waals surface area (Å²) in [4.78, 5) is 19.4. The molecule has 0 saturated carbocycles. The molecule has 0 unspecified atom stereocenters. The van der Waals surface area contributed by atoms with E-state index in [1.54, 1.807) is 11.8 Å². The number of rotatable bonds is 4. The molecule has 1 aromatic carbocycles. The van der Waals surface area contributed by atoms with E-state index in [0.717, 1.165) is 17.1 Å². The van der Waals surface area contributed by atoms with Gasteiger partial charge in [-0.1, -0.05) is 6.92 Å². The average molecular weight is 265 g/mol. The number of nitrogens with zero attached hydrogens (tertiary/aromatic N) is 1. The van der Waals surface area contributed by atoms with Gasteiger partial charge in [-0.2, -0.15) is 0 Å². The van der Waals surface area contributed by atoms with Crippen LogP contribution < -0.4 is 5.73 Å². The summed E-state index contributed by atoms with van der Waals surface area (Å²) in [5, 5.41) is 0. The Morgan fingerprint density at radius 3 is 3.00 bits per heavy atom. The topological polar surface area (TPSA) is 81.0 Å². The quantitative estimate of drug-likeness (QED) is 0.504. The van der Waals surface area contributed by atoms with Crippen LogP contribution in [0.15, 0.2) is 17.0 Å². The smallest absolute Gasteiger partial charge is 0.374 e. The van der Waals surface area contributed by atoms with Crippen molar-refractivity contribution in [1.82, 2.24) is 9.97 Å². The molecule has 0 radical (unpaired) electrons. The number of methoxy groups -OCH3 is 1. The lowest BCUT2D eigenvalue weighted by Gasteiger charge is -2.04. The summed E-state index contributed by atoms with van der Waals surface area (Å²) in [6.45, 7) is 2.12. The number of carbonyl (C=O) groups is 1. The molecule has 6 heteroatoms. The summed E-state index contributed by atoms with van der Waals surface area (Å²) in [6.07, 6.45) is 1.08. The Morgan fingerprint density at radius 2 is 2.33 bits per heavy atom. The van der Waals surface area contributed by atoms with Crippen LogP contribution in [0.25, 0.3) is 11.0 Å². The third-order valence-electron chi connectivity index (χ3n) is 2.50. The summed E-state index contributed by atoms with van der Waals surface area (Å²) < 4.78 is 4.62. The summed E-state index contributed by atoms with van der Waals surface area (Å²) >= 11 is 1.70. The molecule has 2 aromatic rings. The largest absolute Gasteiger partial charge is 0.463 e. The van der Waals surface area contributed by atoms with Gasteiger partial charge in [0.05, 0.1) is 23.8 Å². The van der Waals surface area contributed by atoms with Gasteiger partial charge in [-0.25, -0.2) is 9.78 Å². The number of aromatic nitrogens is 2. The zero-order chi connectivity index (χ0) is 13.1. The highest BCUT2D eigenvalue weighted by Gasteiger charge is 2.14. The van der Waals surface area contributed by atoms with Crippen molar-refractivity contribution in [1.29, 1.82) is 0 Å². The molecule has 0 spiro atoms. The molecule has 96 valence electrons. The van der Waals surface area contributed by atoms with Gasteiger partial charge in [-0.05, 0) is 24.3 Å². The van der Waals surface area contributed by atoms with Crippen molar-refractivity contribution in [3.8, 4) is 0 Å². The molecule has 0 aliphatic rings. The van der Waals surface area contributed by atoms with E-state index in [0.29, 0.717) is 16.7 Å². The molecule has 3 N–H and O–H groups in total. The molecule has 1 heterocycles. The highest BCUT2D eigenvalue weighted by molar-refractivity contribution is 7.99. The highest BCUT2D eigenvalue weighted by Crippen LogP contribution is 2.31. The Hall–Kier alpha value is -1.69. The molecular weight excluding hydrogens is 250 g/mol. The molecule has 1 aromatic heterocycles. The van der Waals surface area contributed by atoms with Crippen LogP contribution in [0, 0.1) is 0 Å². The molecular formula is C12H15N3O2S. The fraction of sp³-hybridized carbons (Fsp3) is 0.333. The number of carbonyl (C=O) groups excluding carboxylic acids is 1. The minimum Gasteiger partial charge on any atom is -0.463 e. The Bertz CT molecular complexity index is 580. The lowest BCUT2D eigenvalue weighted by Crippen LogP contribution is -2.03. The second-order valence-electron chi connectivity index (χ2n) is 3.80. The average Bonchev–Trinajstić information content (AvgIpc) is 2.82. The molecule has 0 atom stereocenters. The molecule has 0 aliphatic carbocycles. The second kappa shape index (κ2) is 5.30. The molecule has 0 fully saturated rings. The number of benzene rings is 1. The summed E-state index contributed by atoms with van der Waals surface area (Å²) in [5.41, 5.74) is 8.07. The van der Waals surface area contributed by atoms with Crippen LogP contribution in [-0.4, -0.2) is 28.8 Å². The van der Waals surface area contributed by atoms with Gasteiger partial charge in [-0.3, -0.25) is 0 Å². The van der Waals surface area contributed by atoms with E-state index >= 15 is 0 Å². The number of nitrogens with one attached hydrogen (secondary N) is 1. The number of ether oxygens (including phenoxy) is 1. The van der Waals surface area contributed by atoms with Crippen LogP contribution in [0.3, 0.4) is 0 Å². The second-order valence-corrected chi connectivity index (χ2v) is 4.93. The van der Waals surface area contributed by atoms with E-state index in [9.17, 15) is 4.79 Å². The van der Waals surface area contributed by atoms with Crippen LogP contribution in [0.1, 0.15) is 24.0 Å². The summed E-state index contributed by atoms with van der Waals surface area (Å²) in [7, 11) is 1.32. The molecule has 0 saturated heterocycles. The van der Waals surface area contributed by atoms with Crippen molar-refractivity contribution in [2.24, 2.45) is 0 Å². The third kappa shape index (κ3) is 2.28. The Balaban J connectivity index is 2.43. The zero-order valence-electron chi connectivity index (χ0n) is 10.3. The fourth-order valence-corrected chi connectivity index (χ4v) is 2.46. The SMILES string of the molecule is CCCSc1ccc2nc(C(=O)OC)[nH]c2c1N. The molecule has 18 heavy (non-hydrogen) atoms. The minimum absolute atomic E-state index is 0.178. The van der Waals surface area contributed by atoms with Gasteiger partial charge in [0.15, 0.2) is 0 Å². The maximum Gasteiger partial charge on any atom is 0.374 e. The van der Waals surface area contributed by atoms with E-state index in [4.69, 9.17) is 5.73 Å². The first-order chi connectivity index (χ1) is 8.67. The predicted octanol–water partition coefficient (Wildman–Crippen LogP) is 2.43. The van der Waals surface area contributed by atoms with E-state index in [2.05, 4.69) is 21.6 Å².